The zero-order valence-corrected chi connectivity index (χ0v) is 12.2. The van der Waals surface area contributed by atoms with Gasteiger partial charge in [0.1, 0.15) is 0 Å². The zero-order chi connectivity index (χ0) is 12.2. The van der Waals surface area contributed by atoms with Gasteiger partial charge in [-0.2, -0.15) is 0 Å². The molecule has 0 saturated heterocycles. The molecule has 0 heteroatoms. The van der Waals surface area contributed by atoms with Crippen LogP contribution in [0.2, 0.25) is 0 Å². The van der Waals surface area contributed by atoms with Crippen LogP contribution in [0.1, 0.15) is 79.6 Å². The Hall–Kier alpha value is 0. The Labute approximate surface area is 103 Å². The lowest BCUT2D eigenvalue weighted by molar-refractivity contribution is 0.317. The fraction of sp³-hybridized carbons (Fsp3) is 1.00. The highest BCUT2D eigenvalue weighted by molar-refractivity contribution is 5.07. The smallest absolute Gasteiger partial charge is 0.0240 e. The Bertz CT molecular complexity index is 192. The molecule has 3 atom stereocenters. The monoisotopic (exact) mass is 224 g/mol. The van der Waals surface area contributed by atoms with Gasteiger partial charge in [-0.3, -0.25) is 0 Å². The van der Waals surface area contributed by atoms with Gasteiger partial charge in [-0.15, -0.1) is 0 Å². The summed E-state index contributed by atoms with van der Waals surface area (Å²) in [7, 11) is 0. The summed E-state index contributed by atoms with van der Waals surface area (Å²) in [6.07, 6.45) is 10.00. The quantitative estimate of drug-likeness (QED) is 0.498. The summed E-state index contributed by atoms with van der Waals surface area (Å²) in [5, 5.41) is 0. The SMILES string of the molecule is CCCC1C(C)C1(CC)CCC(CC)CC. The first kappa shape index (κ1) is 14.1. The molecule has 96 valence electrons. The van der Waals surface area contributed by atoms with Crippen LogP contribution in [0.4, 0.5) is 0 Å². The van der Waals surface area contributed by atoms with Gasteiger partial charge in [0.2, 0.25) is 0 Å². The van der Waals surface area contributed by atoms with Crippen LogP contribution < -0.4 is 0 Å². The van der Waals surface area contributed by atoms with Crippen LogP contribution >= 0.6 is 0 Å². The standard InChI is InChI=1S/C16H32/c1-6-10-15-13(5)16(15,9-4)12-11-14(7-2)8-3/h13-15H,6-12H2,1-5H3. The van der Waals surface area contributed by atoms with Gasteiger partial charge in [-0.05, 0) is 48.9 Å². The Morgan fingerprint density at radius 3 is 2.12 bits per heavy atom. The van der Waals surface area contributed by atoms with E-state index in [1.807, 2.05) is 0 Å². The van der Waals surface area contributed by atoms with E-state index >= 15 is 0 Å². The molecule has 1 saturated carbocycles. The first-order valence-corrected chi connectivity index (χ1v) is 7.66. The molecule has 3 unspecified atom stereocenters. The van der Waals surface area contributed by atoms with Crippen LogP contribution in [0.3, 0.4) is 0 Å². The van der Waals surface area contributed by atoms with Crippen molar-refractivity contribution >= 4 is 0 Å². The topological polar surface area (TPSA) is 0 Å². The van der Waals surface area contributed by atoms with Crippen molar-refractivity contribution in [2.24, 2.45) is 23.2 Å². The maximum Gasteiger partial charge on any atom is -0.0240 e. The Balaban J connectivity index is 2.44. The molecule has 1 aliphatic rings. The van der Waals surface area contributed by atoms with Gasteiger partial charge in [-0.1, -0.05) is 53.9 Å². The van der Waals surface area contributed by atoms with E-state index in [0.717, 1.165) is 23.2 Å². The minimum absolute atomic E-state index is 0.749. The second-order valence-electron chi connectivity index (χ2n) is 5.99. The molecule has 0 aliphatic heterocycles. The number of rotatable bonds is 8. The highest BCUT2D eigenvalue weighted by atomic mass is 14.6. The van der Waals surface area contributed by atoms with Gasteiger partial charge in [0.05, 0.1) is 0 Å². The normalized spacial score (nSPS) is 33.4. The molecule has 0 spiro atoms. The van der Waals surface area contributed by atoms with Crippen molar-refractivity contribution in [3.8, 4) is 0 Å². The van der Waals surface area contributed by atoms with E-state index in [0.29, 0.717) is 0 Å². The Morgan fingerprint density at radius 2 is 1.69 bits per heavy atom. The predicted molar refractivity (Wildman–Crippen MR) is 73.6 cm³/mol. The van der Waals surface area contributed by atoms with Crippen molar-refractivity contribution in [3.05, 3.63) is 0 Å². The van der Waals surface area contributed by atoms with Crippen molar-refractivity contribution in [1.29, 1.82) is 0 Å². The lowest BCUT2D eigenvalue weighted by atomic mass is 9.86. The largest absolute Gasteiger partial charge is 0.0654 e. The molecular formula is C16H32. The van der Waals surface area contributed by atoms with Gasteiger partial charge < -0.3 is 0 Å². The van der Waals surface area contributed by atoms with Crippen LogP contribution in [-0.2, 0) is 0 Å². The number of hydrogen-bond acceptors (Lipinski definition) is 0. The fourth-order valence-electron chi connectivity index (χ4n) is 3.99. The lowest BCUT2D eigenvalue weighted by Gasteiger charge is -2.19. The molecule has 0 radical (unpaired) electrons. The predicted octanol–water partition coefficient (Wildman–Crippen LogP) is 5.67. The molecule has 0 aromatic heterocycles. The molecule has 0 amide bonds. The highest BCUT2D eigenvalue weighted by Crippen LogP contribution is 2.65. The van der Waals surface area contributed by atoms with Crippen molar-refractivity contribution in [2.75, 3.05) is 0 Å². The van der Waals surface area contributed by atoms with E-state index in [2.05, 4.69) is 34.6 Å². The van der Waals surface area contributed by atoms with Crippen LogP contribution in [-0.4, -0.2) is 0 Å². The third-order valence-electron chi connectivity index (χ3n) is 5.57. The Kier molecular flexibility index (Phi) is 5.34. The maximum atomic E-state index is 2.50. The van der Waals surface area contributed by atoms with Crippen LogP contribution in [0.15, 0.2) is 0 Å². The molecule has 0 nitrogen and oxygen atoms in total. The average Bonchev–Trinajstić information content (AvgIpc) is 2.86. The van der Waals surface area contributed by atoms with Crippen molar-refractivity contribution < 1.29 is 0 Å². The summed E-state index contributed by atoms with van der Waals surface area (Å²) in [5.41, 5.74) is 0.749. The molecule has 0 heterocycles. The molecule has 0 aromatic rings. The molecule has 0 aromatic carbocycles. The molecular weight excluding hydrogens is 192 g/mol. The average molecular weight is 224 g/mol. The zero-order valence-electron chi connectivity index (χ0n) is 12.2. The third kappa shape index (κ3) is 2.63. The van der Waals surface area contributed by atoms with E-state index in [-0.39, 0.29) is 0 Å². The summed E-state index contributed by atoms with van der Waals surface area (Å²) < 4.78 is 0. The van der Waals surface area contributed by atoms with Crippen LogP contribution in [0.25, 0.3) is 0 Å². The minimum atomic E-state index is 0.749. The lowest BCUT2D eigenvalue weighted by Crippen LogP contribution is -2.08. The second-order valence-corrected chi connectivity index (χ2v) is 5.99. The fourth-order valence-corrected chi connectivity index (χ4v) is 3.99. The van der Waals surface area contributed by atoms with E-state index in [9.17, 15) is 0 Å². The van der Waals surface area contributed by atoms with Gasteiger partial charge in [0.25, 0.3) is 0 Å². The summed E-state index contributed by atoms with van der Waals surface area (Å²) >= 11 is 0. The molecule has 16 heavy (non-hydrogen) atoms. The number of hydrogen-bond donors (Lipinski definition) is 0. The third-order valence-corrected chi connectivity index (χ3v) is 5.57. The van der Waals surface area contributed by atoms with Crippen molar-refractivity contribution in [2.45, 2.75) is 79.6 Å². The second kappa shape index (κ2) is 6.07. The Morgan fingerprint density at radius 1 is 1.06 bits per heavy atom. The van der Waals surface area contributed by atoms with E-state index in [4.69, 9.17) is 0 Å². The highest BCUT2D eigenvalue weighted by Gasteiger charge is 2.58. The molecule has 1 aliphatic carbocycles. The summed E-state index contributed by atoms with van der Waals surface area (Å²) in [6, 6.07) is 0. The molecule has 1 rings (SSSR count). The van der Waals surface area contributed by atoms with Crippen molar-refractivity contribution in [1.82, 2.24) is 0 Å². The molecule has 1 fully saturated rings. The minimum Gasteiger partial charge on any atom is -0.0654 e. The maximum absolute atomic E-state index is 2.50. The first-order valence-electron chi connectivity index (χ1n) is 7.66. The molecule has 0 N–H and O–H groups in total. The van der Waals surface area contributed by atoms with Crippen LogP contribution in [0, 0.1) is 23.2 Å². The van der Waals surface area contributed by atoms with E-state index < -0.39 is 0 Å². The van der Waals surface area contributed by atoms with Gasteiger partial charge in [0.15, 0.2) is 0 Å². The van der Waals surface area contributed by atoms with Crippen LogP contribution in [0.5, 0.6) is 0 Å². The van der Waals surface area contributed by atoms with Gasteiger partial charge >= 0.3 is 0 Å². The molecule has 0 bridgehead atoms. The summed E-state index contributed by atoms with van der Waals surface area (Å²) in [5.74, 6) is 3.04. The summed E-state index contributed by atoms with van der Waals surface area (Å²) in [4.78, 5) is 0. The van der Waals surface area contributed by atoms with Gasteiger partial charge in [0, 0.05) is 0 Å². The van der Waals surface area contributed by atoms with Gasteiger partial charge in [-0.25, -0.2) is 0 Å². The summed E-state index contributed by atoms with van der Waals surface area (Å²) in [6.45, 7) is 12.0. The first-order chi connectivity index (χ1) is 7.66. The van der Waals surface area contributed by atoms with Crippen molar-refractivity contribution in [3.63, 3.8) is 0 Å². The van der Waals surface area contributed by atoms with E-state index in [1.165, 1.54) is 44.9 Å². The van der Waals surface area contributed by atoms with E-state index in [1.54, 1.807) is 0 Å².